The lowest BCUT2D eigenvalue weighted by Gasteiger charge is -2.52. The number of benzene rings is 2. The number of ether oxygens (including phenoxy) is 1. The highest BCUT2D eigenvalue weighted by molar-refractivity contribution is 7.92. The number of piperazine rings is 1. The molecule has 12 heteroatoms. The Balaban J connectivity index is 0.00000461. The third-order valence-electron chi connectivity index (χ3n) is 9.32. The summed E-state index contributed by atoms with van der Waals surface area (Å²) < 4.78 is 31.2. The third-order valence-corrected chi connectivity index (χ3v) is 9.92. The molecule has 1 spiro atoms. The molecule has 2 aromatic rings. The molecule has 1 atom stereocenters. The maximum atomic E-state index is 13.8. The standard InChI is InChI=1S/C33H46N4O6S.ClH/c1-3-4-20-37-30(38)29(23-32(40)16-6-5-7-17-32)34-31(39)33(37)18-21-36(22-19-33)24-25-8-12-27(13-9-25)43-28-14-10-26(11-15-28)35-44(2,41)42;/h8-15,29,35,40H,3-7,16-24H2,1-2H3,(H,34,39);1H/t29-;/m0./s1. The zero-order valence-corrected chi connectivity index (χ0v) is 27.9. The Morgan fingerprint density at radius 2 is 1.56 bits per heavy atom. The van der Waals surface area contributed by atoms with Crippen molar-refractivity contribution in [1.29, 1.82) is 0 Å². The Labute approximate surface area is 273 Å². The monoisotopic (exact) mass is 662 g/mol. The first-order chi connectivity index (χ1) is 21.0. The summed E-state index contributed by atoms with van der Waals surface area (Å²) in [5.74, 6) is 1.16. The number of carbonyl (C=O) groups is 2. The summed E-state index contributed by atoms with van der Waals surface area (Å²) in [5, 5.41) is 14.2. The van der Waals surface area contributed by atoms with Gasteiger partial charge in [-0.2, -0.15) is 0 Å². The van der Waals surface area contributed by atoms with Gasteiger partial charge < -0.3 is 20.1 Å². The summed E-state index contributed by atoms with van der Waals surface area (Å²) in [6.07, 6.45) is 8.75. The molecule has 248 valence electrons. The minimum atomic E-state index is -3.34. The number of nitrogens with one attached hydrogen (secondary N) is 2. The van der Waals surface area contributed by atoms with Gasteiger partial charge in [-0.1, -0.05) is 44.7 Å². The van der Waals surface area contributed by atoms with Gasteiger partial charge >= 0.3 is 0 Å². The van der Waals surface area contributed by atoms with E-state index in [1.54, 1.807) is 24.3 Å². The Morgan fingerprint density at radius 1 is 0.956 bits per heavy atom. The topological polar surface area (TPSA) is 128 Å². The minimum Gasteiger partial charge on any atom is -0.457 e. The third kappa shape index (κ3) is 8.69. The molecular weight excluding hydrogens is 616 g/mol. The number of piperidine rings is 1. The highest BCUT2D eigenvalue weighted by Crippen LogP contribution is 2.38. The SMILES string of the molecule is CCCCN1C(=O)[C@H](CC2(O)CCCCC2)NC(=O)C12CCN(Cc1ccc(Oc3ccc(NS(C)(=O)=O)cc3)cc1)CC2.Cl. The average molecular weight is 663 g/mol. The Kier molecular flexibility index (Phi) is 11.4. The summed E-state index contributed by atoms with van der Waals surface area (Å²) in [6, 6.07) is 13.9. The molecule has 0 bridgehead atoms. The van der Waals surface area contributed by atoms with Crippen molar-refractivity contribution in [3.63, 3.8) is 0 Å². The van der Waals surface area contributed by atoms with Crippen LogP contribution < -0.4 is 14.8 Å². The maximum absolute atomic E-state index is 13.8. The van der Waals surface area contributed by atoms with E-state index in [1.165, 1.54) is 0 Å². The fraction of sp³-hybridized carbons (Fsp3) is 0.576. The lowest BCUT2D eigenvalue weighted by atomic mass is 9.77. The normalized spacial score (nSPS) is 21.6. The van der Waals surface area contributed by atoms with Gasteiger partial charge in [-0.05, 0) is 74.1 Å². The molecule has 0 unspecified atom stereocenters. The van der Waals surface area contributed by atoms with Crippen LogP contribution in [0.5, 0.6) is 11.5 Å². The largest absolute Gasteiger partial charge is 0.457 e. The second-order valence-corrected chi connectivity index (χ2v) is 14.6. The van der Waals surface area contributed by atoms with Crippen LogP contribution in [0, 0.1) is 0 Å². The van der Waals surface area contributed by atoms with Gasteiger partial charge in [0.15, 0.2) is 0 Å². The predicted molar refractivity (Wildman–Crippen MR) is 177 cm³/mol. The lowest BCUT2D eigenvalue weighted by Crippen LogP contribution is -2.73. The number of rotatable bonds is 11. The molecule has 0 aromatic heterocycles. The molecule has 2 saturated heterocycles. The van der Waals surface area contributed by atoms with Gasteiger partial charge in [0.2, 0.25) is 21.8 Å². The van der Waals surface area contributed by atoms with Crippen molar-refractivity contribution in [3.8, 4) is 11.5 Å². The minimum absolute atomic E-state index is 0. The molecule has 5 rings (SSSR count). The quantitative estimate of drug-likeness (QED) is 0.315. The first kappa shape index (κ1) is 35.0. The summed E-state index contributed by atoms with van der Waals surface area (Å²) in [5.41, 5.74) is -0.120. The van der Waals surface area contributed by atoms with Crippen LogP contribution in [0.4, 0.5) is 5.69 Å². The van der Waals surface area contributed by atoms with Crippen LogP contribution in [0.1, 0.15) is 76.7 Å². The molecule has 10 nitrogen and oxygen atoms in total. The molecule has 3 fully saturated rings. The van der Waals surface area contributed by atoms with Crippen LogP contribution >= 0.6 is 12.4 Å². The molecule has 3 N–H and O–H groups in total. The fourth-order valence-corrected chi connectivity index (χ4v) is 7.45. The number of hydrogen-bond donors (Lipinski definition) is 3. The summed E-state index contributed by atoms with van der Waals surface area (Å²) in [6.45, 7) is 4.78. The van der Waals surface area contributed by atoms with Crippen molar-refractivity contribution in [2.45, 2.75) is 94.9 Å². The number of anilines is 1. The summed E-state index contributed by atoms with van der Waals surface area (Å²) in [4.78, 5) is 31.7. The van der Waals surface area contributed by atoms with Crippen LogP contribution in [0.2, 0.25) is 0 Å². The smallest absolute Gasteiger partial charge is 0.246 e. The number of halogens is 1. The van der Waals surface area contributed by atoms with Gasteiger partial charge in [-0.25, -0.2) is 8.42 Å². The number of carbonyl (C=O) groups excluding carboxylic acids is 2. The van der Waals surface area contributed by atoms with E-state index in [0.717, 1.165) is 50.5 Å². The van der Waals surface area contributed by atoms with Crippen molar-refractivity contribution in [1.82, 2.24) is 15.1 Å². The summed E-state index contributed by atoms with van der Waals surface area (Å²) in [7, 11) is -3.34. The van der Waals surface area contributed by atoms with Gasteiger partial charge in [0.1, 0.15) is 23.1 Å². The van der Waals surface area contributed by atoms with Crippen LogP contribution in [0.15, 0.2) is 48.5 Å². The van der Waals surface area contributed by atoms with E-state index in [2.05, 4.69) is 21.9 Å². The second-order valence-electron chi connectivity index (χ2n) is 12.8. The zero-order chi connectivity index (χ0) is 31.4. The van der Waals surface area contributed by atoms with Crippen molar-refractivity contribution in [2.75, 3.05) is 30.6 Å². The molecule has 45 heavy (non-hydrogen) atoms. The zero-order valence-electron chi connectivity index (χ0n) is 26.3. The van der Waals surface area contributed by atoms with Crippen LogP contribution in [-0.4, -0.2) is 78.2 Å². The van der Waals surface area contributed by atoms with Crippen LogP contribution in [-0.2, 0) is 26.2 Å². The number of amides is 2. The fourth-order valence-electron chi connectivity index (χ4n) is 6.89. The maximum Gasteiger partial charge on any atom is 0.246 e. The van der Waals surface area contributed by atoms with E-state index in [-0.39, 0.29) is 24.2 Å². The molecule has 2 amide bonds. The van der Waals surface area contributed by atoms with Crippen molar-refractivity contribution in [3.05, 3.63) is 54.1 Å². The van der Waals surface area contributed by atoms with Gasteiger partial charge in [0.05, 0.1) is 11.9 Å². The Morgan fingerprint density at radius 3 is 2.13 bits per heavy atom. The molecule has 3 aliphatic rings. The Bertz CT molecular complexity index is 1410. The van der Waals surface area contributed by atoms with E-state index < -0.39 is 27.2 Å². The van der Waals surface area contributed by atoms with Crippen LogP contribution in [0.25, 0.3) is 0 Å². The number of likely N-dealkylation sites (tertiary alicyclic amines) is 1. The van der Waals surface area contributed by atoms with Crippen molar-refractivity contribution >= 4 is 39.9 Å². The van der Waals surface area contributed by atoms with Crippen molar-refractivity contribution in [2.24, 2.45) is 0 Å². The average Bonchev–Trinajstić information content (AvgIpc) is 2.98. The van der Waals surface area contributed by atoms with Gasteiger partial charge in [0.25, 0.3) is 0 Å². The highest BCUT2D eigenvalue weighted by atomic mass is 35.5. The van der Waals surface area contributed by atoms with E-state index in [4.69, 9.17) is 4.74 Å². The van der Waals surface area contributed by atoms with E-state index in [1.807, 2.05) is 29.2 Å². The number of aliphatic hydroxyl groups is 1. The van der Waals surface area contributed by atoms with E-state index in [9.17, 15) is 23.1 Å². The molecule has 2 aliphatic heterocycles. The molecule has 1 aliphatic carbocycles. The first-order valence-electron chi connectivity index (χ1n) is 15.9. The highest BCUT2D eigenvalue weighted by Gasteiger charge is 2.54. The summed E-state index contributed by atoms with van der Waals surface area (Å²) >= 11 is 0. The van der Waals surface area contributed by atoms with E-state index in [0.29, 0.717) is 68.9 Å². The Hall–Kier alpha value is -2.86. The number of sulfonamides is 1. The first-order valence-corrected chi connectivity index (χ1v) is 17.8. The molecule has 1 saturated carbocycles. The van der Waals surface area contributed by atoms with Gasteiger partial charge in [-0.3, -0.25) is 19.2 Å². The van der Waals surface area contributed by atoms with E-state index >= 15 is 0 Å². The number of hydrogen-bond acceptors (Lipinski definition) is 7. The molecule has 2 aromatic carbocycles. The van der Waals surface area contributed by atoms with Crippen LogP contribution in [0.3, 0.4) is 0 Å². The second kappa shape index (κ2) is 14.7. The molecule has 2 heterocycles. The number of unbranched alkanes of at least 4 members (excludes halogenated alkanes) is 1. The number of nitrogens with zero attached hydrogens (tertiary/aromatic N) is 2. The predicted octanol–water partition coefficient (Wildman–Crippen LogP) is 4.82. The molecular formula is C33H47ClN4O6S. The van der Waals surface area contributed by atoms with Gasteiger partial charge in [-0.15, -0.1) is 12.4 Å². The van der Waals surface area contributed by atoms with Gasteiger partial charge in [0, 0.05) is 38.3 Å². The lowest BCUT2D eigenvalue weighted by molar-refractivity contribution is -0.163. The van der Waals surface area contributed by atoms with Crippen molar-refractivity contribution < 1.29 is 27.9 Å². The molecule has 0 radical (unpaired) electrons.